The molecule has 1 aromatic rings. The average Bonchev–Trinajstić information content (AvgIpc) is 2.26. The smallest absolute Gasteiger partial charge is 0.331 e. The Balaban J connectivity index is 2.59. The van der Waals surface area contributed by atoms with Crippen molar-refractivity contribution in [3.05, 3.63) is 35.9 Å². The van der Waals surface area contributed by atoms with Crippen LogP contribution in [0.1, 0.15) is 13.3 Å². The second-order valence-electron chi connectivity index (χ2n) is 3.17. The SMILES string of the molecule is CCC(=CCSc1ccccc1O)C(=O)O. The average molecular weight is 238 g/mol. The van der Waals surface area contributed by atoms with E-state index in [1.54, 1.807) is 24.3 Å². The number of aliphatic carboxylic acids is 1. The molecule has 0 bridgehead atoms. The highest BCUT2D eigenvalue weighted by atomic mass is 32.2. The van der Waals surface area contributed by atoms with Crippen LogP contribution in [0.15, 0.2) is 40.8 Å². The lowest BCUT2D eigenvalue weighted by atomic mass is 10.2. The van der Waals surface area contributed by atoms with E-state index in [9.17, 15) is 9.90 Å². The minimum absolute atomic E-state index is 0.231. The summed E-state index contributed by atoms with van der Waals surface area (Å²) in [5.74, 6) is -0.0952. The lowest BCUT2D eigenvalue weighted by Crippen LogP contribution is -1.99. The highest BCUT2D eigenvalue weighted by molar-refractivity contribution is 7.99. The van der Waals surface area contributed by atoms with Gasteiger partial charge in [0.15, 0.2) is 0 Å². The van der Waals surface area contributed by atoms with Gasteiger partial charge >= 0.3 is 5.97 Å². The van der Waals surface area contributed by atoms with Gasteiger partial charge < -0.3 is 10.2 Å². The summed E-state index contributed by atoms with van der Waals surface area (Å²) in [5.41, 5.74) is 0.405. The van der Waals surface area contributed by atoms with Crippen LogP contribution in [0.3, 0.4) is 0 Å². The van der Waals surface area contributed by atoms with Crippen molar-refractivity contribution in [1.82, 2.24) is 0 Å². The zero-order chi connectivity index (χ0) is 12.0. The van der Waals surface area contributed by atoms with Crippen LogP contribution in [0, 0.1) is 0 Å². The molecule has 0 atom stereocenters. The first-order valence-corrected chi connectivity index (χ1v) is 5.96. The maximum atomic E-state index is 10.7. The molecule has 0 spiro atoms. The number of hydrogen-bond acceptors (Lipinski definition) is 3. The van der Waals surface area contributed by atoms with E-state index in [2.05, 4.69) is 0 Å². The van der Waals surface area contributed by atoms with Gasteiger partial charge in [0.1, 0.15) is 5.75 Å². The summed E-state index contributed by atoms with van der Waals surface area (Å²) in [7, 11) is 0. The molecule has 0 fully saturated rings. The zero-order valence-corrected chi connectivity index (χ0v) is 9.83. The van der Waals surface area contributed by atoms with Crippen molar-refractivity contribution in [3.63, 3.8) is 0 Å². The molecule has 0 unspecified atom stereocenters. The quantitative estimate of drug-likeness (QED) is 0.611. The van der Waals surface area contributed by atoms with Gasteiger partial charge in [0.25, 0.3) is 0 Å². The zero-order valence-electron chi connectivity index (χ0n) is 9.01. The van der Waals surface area contributed by atoms with Crippen molar-refractivity contribution < 1.29 is 15.0 Å². The van der Waals surface area contributed by atoms with E-state index in [4.69, 9.17) is 5.11 Å². The number of rotatable bonds is 5. The molecule has 0 amide bonds. The highest BCUT2D eigenvalue weighted by Gasteiger charge is 2.04. The first kappa shape index (κ1) is 12.6. The summed E-state index contributed by atoms with van der Waals surface area (Å²) in [5, 5.41) is 18.3. The van der Waals surface area contributed by atoms with Gasteiger partial charge in [-0.3, -0.25) is 0 Å². The molecule has 2 N–H and O–H groups in total. The van der Waals surface area contributed by atoms with Crippen LogP contribution in [-0.4, -0.2) is 21.9 Å². The predicted molar refractivity (Wildman–Crippen MR) is 64.8 cm³/mol. The largest absolute Gasteiger partial charge is 0.507 e. The maximum Gasteiger partial charge on any atom is 0.331 e. The van der Waals surface area contributed by atoms with Crippen molar-refractivity contribution in [2.75, 3.05) is 5.75 Å². The fourth-order valence-electron chi connectivity index (χ4n) is 1.19. The molecular weight excluding hydrogens is 224 g/mol. The van der Waals surface area contributed by atoms with E-state index in [-0.39, 0.29) is 5.75 Å². The van der Waals surface area contributed by atoms with E-state index in [1.165, 1.54) is 11.8 Å². The molecule has 0 aliphatic heterocycles. The number of phenols is 1. The Bertz CT molecular complexity index is 399. The van der Waals surface area contributed by atoms with Gasteiger partial charge in [-0.1, -0.05) is 25.1 Å². The molecule has 1 rings (SSSR count). The summed E-state index contributed by atoms with van der Waals surface area (Å²) >= 11 is 1.42. The number of benzene rings is 1. The van der Waals surface area contributed by atoms with Crippen LogP contribution in [0.25, 0.3) is 0 Å². The molecule has 86 valence electrons. The molecule has 0 aliphatic rings. The van der Waals surface area contributed by atoms with E-state index in [1.807, 2.05) is 13.0 Å². The second kappa shape index (κ2) is 6.23. The van der Waals surface area contributed by atoms with Crippen LogP contribution in [0.4, 0.5) is 0 Å². The molecule has 0 saturated heterocycles. The summed E-state index contributed by atoms with van der Waals surface area (Å²) in [6.07, 6.45) is 2.19. The third kappa shape index (κ3) is 3.62. The summed E-state index contributed by atoms with van der Waals surface area (Å²) in [6.45, 7) is 1.81. The Hall–Kier alpha value is -1.42. The minimum Gasteiger partial charge on any atom is -0.507 e. The molecule has 0 aromatic heterocycles. The minimum atomic E-state index is -0.875. The summed E-state index contributed by atoms with van der Waals surface area (Å²) in [6, 6.07) is 7.01. The summed E-state index contributed by atoms with van der Waals surface area (Å²) < 4.78 is 0. The molecule has 0 saturated carbocycles. The molecule has 1 aromatic carbocycles. The maximum absolute atomic E-state index is 10.7. The Morgan fingerprint density at radius 1 is 1.44 bits per heavy atom. The van der Waals surface area contributed by atoms with E-state index in [0.717, 1.165) is 4.90 Å². The van der Waals surface area contributed by atoms with Gasteiger partial charge in [-0.25, -0.2) is 4.79 Å². The van der Waals surface area contributed by atoms with Crippen LogP contribution in [0.5, 0.6) is 5.75 Å². The standard InChI is InChI=1S/C12H14O3S/c1-2-9(12(14)15)7-8-16-11-6-4-3-5-10(11)13/h3-7,13H,2,8H2,1H3,(H,14,15). The van der Waals surface area contributed by atoms with Gasteiger partial charge in [-0.15, -0.1) is 11.8 Å². The number of para-hydroxylation sites is 1. The van der Waals surface area contributed by atoms with Crippen molar-refractivity contribution >= 4 is 17.7 Å². The first-order valence-electron chi connectivity index (χ1n) is 4.98. The Morgan fingerprint density at radius 2 is 2.12 bits per heavy atom. The third-order valence-electron chi connectivity index (χ3n) is 2.09. The molecule has 0 heterocycles. The Morgan fingerprint density at radius 3 is 2.69 bits per heavy atom. The van der Waals surface area contributed by atoms with E-state index >= 15 is 0 Å². The van der Waals surface area contributed by atoms with Gasteiger partial charge in [-0.05, 0) is 18.6 Å². The van der Waals surface area contributed by atoms with Crippen molar-refractivity contribution in [2.24, 2.45) is 0 Å². The molecule has 3 nitrogen and oxygen atoms in total. The Labute approximate surface area is 98.8 Å². The third-order valence-corrected chi connectivity index (χ3v) is 3.08. The van der Waals surface area contributed by atoms with Crippen LogP contribution in [-0.2, 0) is 4.79 Å². The number of carboxylic acid groups (broad SMARTS) is 1. The highest BCUT2D eigenvalue weighted by Crippen LogP contribution is 2.27. The number of carboxylic acids is 1. The molecule has 16 heavy (non-hydrogen) atoms. The van der Waals surface area contributed by atoms with Gasteiger partial charge in [0, 0.05) is 16.2 Å². The number of carbonyl (C=O) groups is 1. The fraction of sp³-hybridized carbons (Fsp3) is 0.250. The molecular formula is C12H14O3S. The van der Waals surface area contributed by atoms with Crippen molar-refractivity contribution in [1.29, 1.82) is 0 Å². The lowest BCUT2D eigenvalue weighted by molar-refractivity contribution is -0.132. The Kier molecular flexibility index (Phi) is 4.92. The topological polar surface area (TPSA) is 57.5 Å². The number of hydrogen-bond donors (Lipinski definition) is 2. The van der Waals surface area contributed by atoms with Gasteiger partial charge in [-0.2, -0.15) is 0 Å². The van der Waals surface area contributed by atoms with E-state index < -0.39 is 5.97 Å². The van der Waals surface area contributed by atoms with Crippen molar-refractivity contribution in [2.45, 2.75) is 18.2 Å². The molecule has 0 radical (unpaired) electrons. The van der Waals surface area contributed by atoms with Gasteiger partial charge in [0.05, 0.1) is 0 Å². The predicted octanol–water partition coefficient (Wildman–Crippen LogP) is 2.91. The van der Waals surface area contributed by atoms with Gasteiger partial charge in [0.2, 0.25) is 0 Å². The summed E-state index contributed by atoms with van der Waals surface area (Å²) in [4.78, 5) is 11.5. The molecule has 4 heteroatoms. The number of phenolic OH excluding ortho intramolecular Hbond substituents is 1. The van der Waals surface area contributed by atoms with E-state index in [0.29, 0.717) is 17.7 Å². The molecule has 0 aliphatic carbocycles. The van der Waals surface area contributed by atoms with Crippen LogP contribution >= 0.6 is 11.8 Å². The lowest BCUT2D eigenvalue weighted by Gasteiger charge is -2.02. The monoisotopic (exact) mass is 238 g/mol. The number of aromatic hydroxyl groups is 1. The van der Waals surface area contributed by atoms with Crippen LogP contribution < -0.4 is 0 Å². The van der Waals surface area contributed by atoms with Crippen LogP contribution in [0.2, 0.25) is 0 Å². The fourth-order valence-corrected chi connectivity index (χ4v) is 2.05. The normalized spacial score (nSPS) is 11.4. The first-order chi connectivity index (χ1) is 7.65. The van der Waals surface area contributed by atoms with Crippen molar-refractivity contribution in [3.8, 4) is 5.75 Å². The number of thioether (sulfide) groups is 1. The second-order valence-corrected chi connectivity index (χ2v) is 4.23.